The van der Waals surface area contributed by atoms with Crippen molar-refractivity contribution >= 4 is 0 Å². The lowest BCUT2D eigenvalue weighted by Gasteiger charge is -2.38. The van der Waals surface area contributed by atoms with Crippen LogP contribution in [0.4, 0.5) is 0 Å². The average molecular weight is 263 g/mol. The van der Waals surface area contributed by atoms with Crippen molar-refractivity contribution in [2.75, 3.05) is 19.9 Å². The van der Waals surface area contributed by atoms with Gasteiger partial charge in [-0.1, -0.05) is 13.8 Å². The second-order valence-corrected chi connectivity index (χ2v) is 6.31. The van der Waals surface area contributed by atoms with E-state index in [9.17, 15) is 5.11 Å². The Balaban J connectivity index is 1.76. The number of benzene rings is 1. The highest BCUT2D eigenvalue weighted by molar-refractivity contribution is 5.51. The van der Waals surface area contributed by atoms with E-state index < -0.39 is 0 Å². The van der Waals surface area contributed by atoms with Crippen LogP contribution in [0.1, 0.15) is 32.3 Å². The van der Waals surface area contributed by atoms with Gasteiger partial charge in [-0.15, -0.1) is 0 Å². The molecule has 0 atom stereocenters. The summed E-state index contributed by atoms with van der Waals surface area (Å²) in [6.07, 6.45) is 2.49. The van der Waals surface area contributed by atoms with Gasteiger partial charge in [0.05, 0.1) is 0 Å². The maximum absolute atomic E-state index is 10.1. The van der Waals surface area contributed by atoms with E-state index in [1.165, 1.54) is 12.8 Å². The molecule has 3 rings (SSSR count). The van der Waals surface area contributed by atoms with Gasteiger partial charge in [0.25, 0.3) is 0 Å². The van der Waals surface area contributed by atoms with E-state index in [4.69, 9.17) is 9.47 Å². The van der Waals surface area contributed by atoms with E-state index in [1.807, 2.05) is 6.07 Å². The SMILES string of the molecule is CC1(C)CCCN(Cc2cc3c(cc2O)OCO3)C1. The molecule has 0 aliphatic carbocycles. The molecular weight excluding hydrogens is 242 g/mol. The maximum atomic E-state index is 10.1. The third-order valence-electron chi connectivity index (χ3n) is 3.95. The lowest BCUT2D eigenvalue weighted by molar-refractivity contribution is 0.111. The minimum Gasteiger partial charge on any atom is -0.507 e. The fourth-order valence-electron chi connectivity index (χ4n) is 3.02. The van der Waals surface area contributed by atoms with Gasteiger partial charge < -0.3 is 14.6 Å². The molecule has 2 aliphatic rings. The zero-order valence-corrected chi connectivity index (χ0v) is 11.6. The molecule has 0 aromatic heterocycles. The molecular formula is C15H21NO3. The Kier molecular flexibility index (Phi) is 3.05. The van der Waals surface area contributed by atoms with Gasteiger partial charge in [0, 0.05) is 24.7 Å². The fourth-order valence-corrected chi connectivity index (χ4v) is 3.02. The number of ether oxygens (including phenoxy) is 2. The van der Waals surface area contributed by atoms with Gasteiger partial charge in [-0.05, 0) is 30.9 Å². The molecule has 0 unspecified atom stereocenters. The van der Waals surface area contributed by atoms with Crippen molar-refractivity contribution in [3.8, 4) is 17.2 Å². The number of aromatic hydroxyl groups is 1. The molecule has 2 heterocycles. The number of hydrogen-bond acceptors (Lipinski definition) is 4. The summed E-state index contributed by atoms with van der Waals surface area (Å²) in [5.74, 6) is 1.68. The van der Waals surface area contributed by atoms with Gasteiger partial charge in [-0.2, -0.15) is 0 Å². The molecule has 1 N–H and O–H groups in total. The second kappa shape index (κ2) is 4.60. The second-order valence-electron chi connectivity index (χ2n) is 6.31. The topological polar surface area (TPSA) is 41.9 Å². The number of fused-ring (bicyclic) bond motifs is 1. The molecule has 0 amide bonds. The van der Waals surface area contributed by atoms with Crippen LogP contribution in [0.5, 0.6) is 17.2 Å². The zero-order chi connectivity index (χ0) is 13.5. The normalized spacial score (nSPS) is 21.6. The number of nitrogens with zero attached hydrogens (tertiary/aromatic N) is 1. The van der Waals surface area contributed by atoms with Crippen molar-refractivity contribution in [3.63, 3.8) is 0 Å². The molecule has 19 heavy (non-hydrogen) atoms. The molecule has 104 valence electrons. The summed E-state index contributed by atoms with van der Waals surface area (Å²) >= 11 is 0. The number of phenols is 1. The van der Waals surface area contributed by atoms with Gasteiger partial charge in [0.2, 0.25) is 6.79 Å². The Morgan fingerprint density at radius 1 is 1.26 bits per heavy atom. The molecule has 0 radical (unpaired) electrons. The maximum Gasteiger partial charge on any atom is 0.231 e. The molecule has 4 heteroatoms. The highest BCUT2D eigenvalue weighted by atomic mass is 16.7. The van der Waals surface area contributed by atoms with Crippen molar-refractivity contribution in [2.45, 2.75) is 33.2 Å². The van der Waals surface area contributed by atoms with Crippen LogP contribution in [-0.2, 0) is 6.54 Å². The number of rotatable bonds is 2. The summed E-state index contributed by atoms with van der Waals surface area (Å²) in [6, 6.07) is 3.56. The number of likely N-dealkylation sites (tertiary alicyclic amines) is 1. The third-order valence-corrected chi connectivity index (χ3v) is 3.95. The Hall–Kier alpha value is -1.42. The van der Waals surface area contributed by atoms with Crippen LogP contribution in [-0.4, -0.2) is 29.9 Å². The van der Waals surface area contributed by atoms with E-state index >= 15 is 0 Å². The first-order chi connectivity index (χ1) is 9.03. The molecule has 0 spiro atoms. The van der Waals surface area contributed by atoms with Crippen LogP contribution >= 0.6 is 0 Å². The van der Waals surface area contributed by atoms with Gasteiger partial charge in [-0.25, -0.2) is 0 Å². The van der Waals surface area contributed by atoms with E-state index in [0.717, 1.165) is 30.9 Å². The molecule has 1 aromatic carbocycles. The quantitative estimate of drug-likeness (QED) is 0.891. The Bertz CT molecular complexity index is 485. The highest BCUT2D eigenvalue weighted by Gasteiger charge is 2.27. The van der Waals surface area contributed by atoms with Crippen molar-refractivity contribution in [1.82, 2.24) is 4.90 Å². The number of piperidine rings is 1. The van der Waals surface area contributed by atoms with Crippen LogP contribution < -0.4 is 9.47 Å². The first-order valence-electron chi connectivity index (χ1n) is 6.87. The molecule has 1 aromatic rings. The minimum absolute atomic E-state index is 0.245. The van der Waals surface area contributed by atoms with E-state index in [1.54, 1.807) is 6.07 Å². The Morgan fingerprint density at radius 3 is 2.74 bits per heavy atom. The van der Waals surface area contributed by atoms with E-state index in [-0.39, 0.29) is 6.79 Å². The predicted octanol–water partition coefficient (Wildman–Crippen LogP) is 2.74. The summed E-state index contributed by atoms with van der Waals surface area (Å²) in [7, 11) is 0. The molecule has 0 saturated carbocycles. The highest BCUT2D eigenvalue weighted by Crippen LogP contribution is 2.38. The fraction of sp³-hybridized carbons (Fsp3) is 0.600. The van der Waals surface area contributed by atoms with Gasteiger partial charge >= 0.3 is 0 Å². The molecule has 4 nitrogen and oxygen atoms in total. The average Bonchev–Trinajstić information content (AvgIpc) is 2.75. The first kappa shape index (κ1) is 12.6. The van der Waals surface area contributed by atoms with Gasteiger partial charge in [0.1, 0.15) is 5.75 Å². The molecule has 1 fully saturated rings. The lowest BCUT2D eigenvalue weighted by atomic mass is 9.84. The van der Waals surface area contributed by atoms with Crippen LogP contribution in [0.2, 0.25) is 0 Å². The first-order valence-corrected chi connectivity index (χ1v) is 6.87. The van der Waals surface area contributed by atoms with Crippen LogP contribution in [0.15, 0.2) is 12.1 Å². The third kappa shape index (κ3) is 2.63. The summed E-state index contributed by atoms with van der Waals surface area (Å²) in [4.78, 5) is 2.40. The summed E-state index contributed by atoms with van der Waals surface area (Å²) in [5.41, 5.74) is 1.28. The van der Waals surface area contributed by atoms with E-state index in [2.05, 4.69) is 18.7 Å². The number of hydrogen-bond donors (Lipinski definition) is 1. The monoisotopic (exact) mass is 263 g/mol. The van der Waals surface area contributed by atoms with Crippen LogP contribution in [0, 0.1) is 5.41 Å². The molecule has 1 saturated heterocycles. The Morgan fingerprint density at radius 2 is 2.00 bits per heavy atom. The minimum atomic E-state index is 0.245. The largest absolute Gasteiger partial charge is 0.507 e. The van der Waals surface area contributed by atoms with Crippen molar-refractivity contribution in [1.29, 1.82) is 0 Å². The smallest absolute Gasteiger partial charge is 0.231 e. The van der Waals surface area contributed by atoms with E-state index in [0.29, 0.717) is 16.9 Å². The summed E-state index contributed by atoms with van der Waals surface area (Å²) in [6.45, 7) is 7.79. The van der Waals surface area contributed by atoms with Crippen LogP contribution in [0.3, 0.4) is 0 Å². The lowest BCUT2D eigenvalue weighted by Crippen LogP contribution is -2.39. The van der Waals surface area contributed by atoms with Crippen molar-refractivity contribution < 1.29 is 14.6 Å². The van der Waals surface area contributed by atoms with Crippen LogP contribution in [0.25, 0.3) is 0 Å². The standard InChI is InChI=1S/C15H21NO3/c1-15(2)4-3-5-16(9-15)8-11-6-13-14(7-12(11)17)19-10-18-13/h6-7,17H,3-5,8-10H2,1-2H3. The summed E-state index contributed by atoms with van der Waals surface area (Å²) < 4.78 is 10.6. The van der Waals surface area contributed by atoms with Gasteiger partial charge in [-0.3, -0.25) is 4.90 Å². The van der Waals surface area contributed by atoms with Crippen molar-refractivity contribution in [3.05, 3.63) is 17.7 Å². The van der Waals surface area contributed by atoms with Crippen molar-refractivity contribution in [2.24, 2.45) is 5.41 Å². The summed E-state index contributed by atoms with van der Waals surface area (Å²) in [5, 5.41) is 10.1. The Labute approximate surface area is 113 Å². The molecule has 0 bridgehead atoms. The molecule has 2 aliphatic heterocycles. The number of phenolic OH excluding ortho intramolecular Hbond substituents is 1. The van der Waals surface area contributed by atoms with Gasteiger partial charge in [0.15, 0.2) is 11.5 Å². The predicted molar refractivity (Wildman–Crippen MR) is 72.5 cm³/mol. The zero-order valence-electron chi connectivity index (χ0n) is 11.6.